The van der Waals surface area contributed by atoms with E-state index in [-0.39, 0.29) is 18.0 Å². The van der Waals surface area contributed by atoms with Crippen LogP contribution in [0.1, 0.15) is 200 Å². The fourth-order valence-corrected chi connectivity index (χ4v) is 6.43. The molecule has 0 aromatic carbocycles. The highest BCUT2D eigenvalue weighted by molar-refractivity contribution is 5.83. The van der Waals surface area contributed by atoms with Gasteiger partial charge in [-0.15, -0.1) is 0 Å². The molecule has 0 heterocycles. The van der Waals surface area contributed by atoms with Gasteiger partial charge in [0.05, 0.1) is 0 Å². The highest BCUT2D eigenvalue weighted by atomic mass is 16.5. The van der Waals surface area contributed by atoms with E-state index in [1.54, 1.807) is 0 Å². The van der Waals surface area contributed by atoms with Crippen molar-refractivity contribution in [3.63, 3.8) is 0 Å². The van der Waals surface area contributed by atoms with E-state index < -0.39 is 12.0 Å². The number of ether oxygens (including phenoxy) is 1. The van der Waals surface area contributed by atoms with Crippen LogP contribution in [0, 0.1) is 0 Å². The van der Waals surface area contributed by atoms with E-state index in [0.717, 1.165) is 103 Å². The molecule has 0 spiro atoms. The van der Waals surface area contributed by atoms with Gasteiger partial charge in [0.25, 0.3) is 0 Å². The van der Waals surface area contributed by atoms with Crippen LogP contribution < -0.4 is 11.1 Å². The Kier molecular flexibility index (Phi) is 42.0. The zero-order chi connectivity index (χ0) is 42.4. The first-order valence-corrected chi connectivity index (χ1v) is 23.4. The van der Waals surface area contributed by atoms with Gasteiger partial charge >= 0.3 is 11.9 Å². The van der Waals surface area contributed by atoms with E-state index in [9.17, 15) is 19.5 Å². The van der Waals surface area contributed by atoms with Crippen molar-refractivity contribution in [1.82, 2.24) is 5.32 Å². The van der Waals surface area contributed by atoms with Gasteiger partial charge in [-0.05, 0) is 115 Å². The molecule has 0 aliphatic rings. The first-order valence-electron chi connectivity index (χ1n) is 23.4. The Morgan fingerprint density at radius 1 is 0.534 bits per heavy atom. The van der Waals surface area contributed by atoms with Gasteiger partial charge in [-0.2, -0.15) is 0 Å². The van der Waals surface area contributed by atoms with Gasteiger partial charge in [0.1, 0.15) is 12.1 Å². The third-order valence-corrected chi connectivity index (χ3v) is 9.93. The molecule has 2 atom stereocenters. The van der Waals surface area contributed by atoms with Crippen molar-refractivity contribution in [1.29, 1.82) is 0 Å². The van der Waals surface area contributed by atoms with Crippen molar-refractivity contribution in [3.05, 3.63) is 85.1 Å². The molecule has 0 bridgehead atoms. The molecule has 2 unspecified atom stereocenters. The number of carboxylic acid groups (broad SMARTS) is 1. The smallest absolute Gasteiger partial charge is 0.326 e. The van der Waals surface area contributed by atoms with E-state index in [0.29, 0.717) is 32.2 Å². The van der Waals surface area contributed by atoms with Crippen LogP contribution in [0.2, 0.25) is 0 Å². The predicted molar refractivity (Wildman–Crippen MR) is 248 cm³/mol. The molecule has 0 fully saturated rings. The standard InChI is InChI=1S/C51H86N2O5/c1-3-5-7-9-11-13-15-16-17-18-19-20-21-22-23-24-26-28-30-35-39-45-50(55)58-47(41-36-32-29-27-25-14-12-10-8-6-4-2)42-37-33-31-34-38-44-49(54)53-48(51(56)57)43-40-46-52/h5,7,11-14,16-17,19-20,27,29,36,41,47-48H,3-4,6,8-10,15,18,21-26,28,30-35,37-40,42-46,52H2,1-2H3,(H,53,54)(H,56,57)/b7-5-,13-11-,14-12-,17-16-,20-19-,29-27-,41-36-. The molecule has 0 aliphatic heterocycles. The van der Waals surface area contributed by atoms with E-state index in [1.165, 1.54) is 57.8 Å². The third kappa shape index (κ3) is 40.7. The lowest BCUT2D eigenvalue weighted by atomic mass is 10.1. The fraction of sp³-hybridized carbons (Fsp3) is 0.667. The number of rotatable bonds is 41. The maximum absolute atomic E-state index is 12.8. The number of allylic oxidation sites excluding steroid dienone is 13. The second kappa shape index (κ2) is 44.6. The quantitative estimate of drug-likeness (QED) is 0.0322. The molecule has 7 nitrogen and oxygen atoms in total. The number of carboxylic acids is 1. The summed E-state index contributed by atoms with van der Waals surface area (Å²) in [5, 5.41) is 11.9. The van der Waals surface area contributed by atoms with Crippen molar-refractivity contribution >= 4 is 17.8 Å². The lowest BCUT2D eigenvalue weighted by Gasteiger charge is -2.15. The third-order valence-electron chi connectivity index (χ3n) is 9.93. The lowest BCUT2D eigenvalue weighted by Crippen LogP contribution is -2.40. The van der Waals surface area contributed by atoms with Gasteiger partial charge < -0.3 is 20.9 Å². The molecule has 0 aromatic rings. The molecular formula is C51H86N2O5. The average Bonchev–Trinajstić information content (AvgIpc) is 3.21. The van der Waals surface area contributed by atoms with Crippen molar-refractivity contribution in [2.75, 3.05) is 6.54 Å². The summed E-state index contributed by atoms with van der Waals surface area (Å²) < 4.78 is 5.95. The van der Waals surface area contributed by atoms with Crippen LogP contribution in [0.3, 0.4) is 0 Å². The molecule has 0 radical (unpaired) electrons. The van der Waals surface area contributed by atoms with E-state index in [4.69, 9.17) is 10.5 Å². The van der Waals surface area contributed by atoms with E-state index in [1.807, 2.05) is 0 Å². The lowest BCUT2D eigenvalue weighted by molar-refractivity contribution is -0.147. The Morgan fingerprint density at radius 2 is 1.00 bits per heavy atom. The molecule has 7 heteroatoms. The number of carbonyl (C=O) groups excluding carboxylic acids is 2. The Bertz CT molecular complexity index is 1180. The molecule has 58 heavy (non-hydrogen) atoms. The van der Waals surface area contributed by atoms with Gasteiger partial charge in [-0.3, -0.25) is 9.59 Å². The van der Waals surface area contributed by atoms with Gasteiger partial charge in [-0.1, -0.05) is 163 Å². The number of unbranched alkanes of at least 4 members (excludes halogenated alkanes) is 15. The molecule has 0 saturated carbocycles. The fourth-order valence-electron chi connectivity index (χ4n) is 6.43. The number of aliphatic carboxylic acids is 1. The second-order valence-corrected chi connectivity index (χ2v) is 15.4. The SMILES string of the molecule is CC/C=C\C/C=C\C/C=C\C/C=C\CCCCCCCCCCC(=O)OC(/C=C\C/C=C\C/C=C\CCCCC)CCCCCCCC(=O)NC(CCCN)C(=O)O. The summed E-state index contributed by atoms with van der Waals surface area (Å²) in [7, 11) is 0. The molecule has 0 aliphatic carbocycles. The van der Waals surface area contributed by atoms with Crippen molar-refractivity contribution in [2.45, 2.75) is 212 Å². The number of nitrogens with two attached hydrogens (primary N) is 1. The summed E-state index contributed by atoms with van der Waals surface area (Å²) in [5.74, 6) is -1.34. The number of hydrogen-bond donors (Lipinski definition) is 3. The van der Waals surface area contributed by atoms with Crippen LogP contribution in [0.5, 0.6) is 0 Å². The minimum Gasteiger partial charge on any atom is -0.480 e. The van der Waals surface area contributed by atoms with Crippen molar-refractivity contribution in [3.8, 4) is 0 Å². The van der Waals surface area contributed by atoms with Crippen LogP contribution in [0.25, 0.3) is 0 Å². The first-order chi connectivity index (χ1) is 28.4. The van der Waals surface area contributed by atoms with Crippen molar-refractivity contribution in [2.24, 2.45) is 5.73 Å². The highest BCUT2D eigenvalue weighted by Gasteiger charge is 2.18. The summed E-state index contributed by atoms with van der Waals surface area (Å²) >= 11 is 0. The van der Waals surface area contributed by atoms with E-state index >= 15 is 0 Å². The molecule has 4 N–H and O–H groups in total. The van der Waals surface area contributed by atoms with Gasteiger partial charge in [0.2, 0.25) is 5.91 Å². The minimum absolute atomic E-state index is 0.105. The van der Waals surface area contributed by atoms with Gasteiger partial charge in [0.15, 0.2) is 0 Å². The number of nitrogens with one attached hydrogen (secondary N) is 1. The highest BCUT2D eigenvalue weighted by Crippen LogP contribution is 2.15. The second-order valence-electron chi connectivity index (χ2n) is 15.4. The maximum atomic E-state index is 12.8. The number of amides is 1. The van der Waals surface area contributed by atoms with Crippen LogP contribution in [-0.4, -0.2) is 41.6 Å². The van der Waals surface area contributed by atoms with Gasteiger partial charge in [-0.25, -0.2) is 4.79 Å². The molecule has 1 amide bonds. The van der Waals surface area contributed by atoms with Crippen molar-refractivity contribution < 1.29 is 24.2 Å². The Morgan fingerprint density at radius 3 is 1.53 bits per heavy atom. The van der Waals surface area contributed by atoms with Crippen LogP contribution in [-0.2, 0) is 19.1 Å². The Balaban J connectivity index is 4.35. The van der Waals surface area contributed by atoms with E-state index in [2.05, 4.69) is 104 Å². The normalized spacial score (nSPS) is 13.4. The summed E-state index contributed by atoms with van der Waals surface area (Å²) in [5.41, 5.74) is 5.49. The van der Waals surface area contributed by atoms with Crippen LogP contribution >= 0.6 is 0 Å². The topological polar surface area (TPSA) is 119 Å². The minimum atomic E-state index is -1.02. The molecule has 0 rings (SSSR count). The summed E-state index contributed by atoms with van der Waals surface area (Å²) in [6, 6.07) is -0.871. The molecule has 0 saturated heterocycles. The Labute approximate surface area is 355 Å². The zero-order valence-corrected chi connectivity index (χ0v) is 37.1. The zero-order valence-electron chi connectivity index (χ0n) is 37.1. The Hall–Kier alpha value is -3.45. The first kappa shape index (κ1) is 54.6. The van der Waals surface area contributed by atoms with Crippen LogP contribution in [0.15, 0.2) is 85.1 Å². The average molecular weight is 807 g/mol. The maximum Gasteiger partial charge on any atom is 0.326 e. The van der Waals surface area contributed by atoms with Gasteiger partial charge in [0, 0.05) is 12.8 Å². The molecular weight excluding hydrogens is 721 g/mol. The number of carbonyl (C=O) groups is 3. The van der Waals surface area contributed by atoms with Crippen LogP contribution in [0.4, 0.5) is 0 Å². The number of esters is 1. The largest absolute Gasteiger partial charge is 0.480 e. The summed E-state index contributed by atoms with van der Waals surface area (Å²) in [6.45, 7) is 4.79. The molecule has 0 aromatic heterocycles. The number of hydrogen-bond acceptors (Lipinski definition) is 5. The summed E-state index contributed by atoms with van der Waals surface area (Å²) in [6.07, 6.45) is 59.3. The molecule has 330 valence electrons. The summed E-state index contributed by atoms with van der Waals surface area (Å²) in [4.78, 5) is 36.4. The predicted octanol–water partition coefficient (Wildman–Crippen LogP) is 13.7. The monoisotopic (exact) mass is 807 g/mol.